The molecule has 0 saturated carbocycles. The van der Waals surface area contributed by atoms with E-state index in [2.05, 4.69) is 44.3 Å². The van der Waals surface area contributed by atoms with Crippen LogP contribution < -0.4 is 5.32 Å². The molecule has 0 aromatic carbocycles. The van der Waals surface area contributed by atoms with E-state index in [4.69, 9.17) is 18.9 Å². The van der Waals surface area contributed by atoms with E-state index in [-0.39, 0.29) is 41.8 Å². The first-order valence-corrected chi connectivity index (χ1v) is 12.5. The number of hydrogen-bond acceptors (Lipinski definition) is 6. The highest BCUT2D eigenvalue weighted by atomic mass is 16.6. The maximum Gasteiger partial charge on any atom is 0.303 e. The second-order valence-corrected chi connectivity index (χ2v) is 10.1. The lowest BCUT2D eigenvalue weighted by Gasteiger charge is -2.39. The van der Waals surface area contributed by atoms with Gasteiger partial charge in [-0.1, -0.05) is 30.7 Å². The number of allylic oxidation sites excluding steroid dienone is 2. The summed E-state index contributed by atoms with van der Waals surface area (Å²) in [5.41, 5.74) is 1.24. The van der Waals surface area contributed by atoms with Gasteiger partial charge in [0.2, 0.25) is 5.91 Å². The van der Waals surface area contributed by atoms with Crippen molar-refractivity contribution < 1.29 is 28.5 Å². The van der Waals surface area contributed by atoms with E-state index in [1.54, 1.807) is 13.0 Å². The van der Waals surface area contributed by atoms with Gasteiger partial charge in [0, 0.05) is 25.8 Å². The SMILES string of the molecule is CC(=O)OC(C)/C=C\C(=O)N[C@@H]1C[C@H](C)[C@H](C/C=C(C)/C=C/[C@@H]2C[C@]3(CCO2)OC3C)O[C@@H]1C. The van der Waals surface area contributed by atoms with Crippen LogP contribution >= 0.6 is 0 Å². The van der Waals surface area contributed by atoms with Gasteiger partial charge in [-0.3, -0.25) is 9.59 Å². The average molecular weight is 476 g/mol. The lowest BCUT2D eigenvalue weighted by molar-refractivity contribution is -0.143. The number of hydrogen-bond donors (Lipinski definition) is 1. The van der Waals surface area contributed by atoms with Gasteiger partial charge >= 0.3 is 5.97 Å². The van der Waals surface area contributed by atoms with Crippen molar-refractivity contribution >= 4 is 11.9 Å². The van der Waals surface area contributed by atoms with E-state index in [0.717, 1.165) is 32.3 Å². The van der Waals surface area contributed by atoms with E-state index < -0.39 is 6.10 Å². The third-order valence-electron chi connectivity index (χ3n) is 7.16. The maximum atomic E-state index is 12.3. The van der Waals surface area contributed by atoms with Gasteiger partial charge in [-0.2, -0.15) is 0 Å². The van der Waals surface area contributed by atoms with Gasteiger partial charge in [-0.05, 0) is 52.5 Å². The Morgan fingerprint density at radius 1 is 1.21 bits per heavy atom. The second kappa shape index (κ2) is 11.6. The molecular weight excluding hydrogens is 434 g/mol. The molecule has 0 bridgehead atoms. The first-order valence-electron chi connectivity index (χ1n) is 12.5. The number of carbonyl (C=O) groups is 2. The van der Waals surface area contributed by atoms with E-state index in [1.807, 2.05) is 6.92 Å². The molecule has 7 heteroatoms. The first-order chi connectivity index (χ1) is 16.1. The Balaban J connectivity index is 1.43. The highest BCUT2D eigenvalue weighted by Gasteiger charge is 2.55. The molecule has 3 aliphatic rings. The molecule has 0 radical (unpaired) electrons. The minimum Gasteiger partial charge on any atom is -0.459 e. The minimum atomic E-state index is -0.438. The van der Waals surface area contributed by atoms with Crippen molar-refractivity contribution in [1.29, 1.82) is 0 Å². The van der Waals surface area contributed by atoms with Gasteiger partial charge in [0.05, 0.1) is 42.7 Å². The Morgan fingerprint density at radius 2 is 1.94 bits per heavy atom. The summed E-state index contributed by atoms with van der Waals surface area (Å²) >= 11 is 0. The van der Waals surface area contributed by atoms with Gasteiger partial charge in [-0.15, -0.1) is 0 Å². The van der Waals surface area contributed by atoms with Crippen LogP contribution in [0, 0.1) is 5.92 Å². The standard InChI is InChI=1S/C27H41NO6/c1-17(7-10-23-16-27(13-14-31-23)21(5)34-27)8-11-25-18(2)15-24(20(4)33-25)28-26(30)12-9-19(3)32-22(6)29/h7-10,12,18-21,23-25H,11,13-16H2,1-6H3,(H,28,30)/b10-7+,12-9-,17-8+/t18-,19?,20+,21?,23+,24+,25-,27-/m0/s1. The number of esters is 1. The average Bonchev–Trinajstić information content (AvgIpc) is 3.38. The fourth-order valence-corrected chi connectivity index (χ4v) is 4.90. The Hall–Kier alpha value is -1.96. The quantitative estimate of drug-likeness (QED) is 0.247. The van der Waals surface area contributed by atoms with Crippen molar-refractivity contribution in [3.8, 4) is 0 Å². The van der Waals surface area contributed by atoms with Crippen molar-refractivity contribution in [2.45, 2.75) is 109 Å². The fourth-order valence-electron chi connectivity index (χ4n) is 4.90. The molecule has 3 aliphatic heterocycles. The normalized spacial score (nSPS) is 37.2. The number of nitrogens with one attached hydrogen (secondary N) is 1. The van der Waals surface area contributed by atoms with Crippen LogP contribution in [0.2, 0.25) is 0 Å². The third-order valence-corrected chi connectivity index (χ3v) is 7.16. The van der Waals surface area contributed by atoms with E-state index in [9.17, 15) is 9.59 Å². The summed E-state index contributed by atoms with van der Waals surface area (Å²) < 4.78 is 23.0. The van der Waals surface area contributed by atoms with Crippen LogP contribution in [-0.2, 0) is 28.5 Å². The minimum absolute atomic E-state index is 0.0503. The Kier molecular flexibility index (Phi) is 9.13. The molecule has 3 saturated heterocycles. The molecule has 34 heavy (non-hydrogen) atoms. The predicted molar refractivity (Wildman–Crippen MR) is 130 cm³/mol. The zero-order chi connectivity index (χ0) is 24.9. The van der Waals surface area contributed by atoms with E-state index in [1.165, 1.54) is 18.6 Å². The van der Waals surface area contributed by atoms with Crippen LogP contribution in [-0.4, -0.2) is 60.6 Å². The van der Waals surface area contributed by atoms with Crippen LogP contribution in [0.15, 0.2) is 36.0 Å². The smallest absolute Gasteiger partial charge is 0.303 e. The van der Waals surface area contributed by atoms with Crippen LogP contribution in [0.3, 0.4) is 0 Å². The summed E-state index contributed by atoms with van der Waals surface area (Å²) in [6, 6.07) is -0.0554. The molecule has 190 valence electrons. The molecule has 1 amide bonds. The van der Waals surface area contributed by atoms with Gasteiger partial charge in [0.25, 0.3) is 0 Å². The highest BCUT2D eigenvalue weighted by Crippen LogP contribution is 2.46. The highest BCUT2D eigenvalue weighted by molar-refractivity contribution is 5.87. The molecule has 0 aromatic heterocycles. The zero-order valence-electron chi connectivity index (χ0n) is 21.4. The Bertz CT molecular complexity index is 820. The summed E-state index contributed by atoms with van der Waals surface area (Å²) in [6.07, 6.45) is 13.2. The number of ether oxygens (including phenoxy) is 4. The van der Waals surface area contributed by atoms with E-state index in [0.29, 0.717) is 12.0 Å². The molecule has 1 N–H and O–H groups in total. The maximum absolute atomic E-state index is 12.3. The fraction of sp³-hybridized carbons (Fsp3) is 0.704. The molecule has 3 heterocycles. The predicted octanol–water partition coefficient (Wildman–Crippen LogP) is 4.02. The van der Waals surface area contributed by atoms with Crippen molar-refractivity contribution in [3.05, 3.63) is 36.0 Å². The van der Waals surface area contributed by atoms with Gasteiger partial charge < -0.3 is 24.3 Å². The van der Waals surface area contributed by atoms with Crippen LogP contribution in [0.1, 0.15) is 67.2 Å². The van der Waals surface area contributed by atoms with Gasteiger partial charge in [-0.25, -0.2) is 0 Å². The lowest BCUT2D eigenvalue weighted by atomic mass is 9.88. The van der Waals surface area contributed by atoms with Crippen molar-refractivity contribution in [2.24, 2.45) is 5.92 Å². The molecule has 8 atom stereocenters. The number of carbonyl (C=O) groups excluding carboxylic acids is 2. The van der Waals surface area contributed by atoms with Gasteiger partial charge in [0.15, 0.2) is 0 Å². The summed E-state index contributed by atoms with van der Waals surface area (Å²) in [6.45, 7) is 12.2. The summed E-state index contributed by atoms with van der Waals surface area (Å²) in [5.74, 6) is -0.262. The molecular formula is C27H41NO6. The Labute approximate surface area is 203 Å². The molecule has 2 unspecified atom stereocenters. The van der Waals surface area contributed by atoms with Crippen molar-refractivity contribution in [3.63, 3.8) is 0 Å². The first kappa shape index (κ1) is 26.6. The summed E-state index contributed by atoms with van der Waals surface area (Å²) in [5, 5.41) is 3.02. The topological polar surface area (TPSA) is 86.4 Å². The molecule has 7 nitrogen and oxygen atoms in total. The number of rotatable bonds is 8. The third kappa shape index (κ3) is 7.52. The largest absolute Gasteiger partial charge is 0.459 e. The van der Waals surface area contributed by atoms with Gasteiger partial charge in [0.1, 0.15) is 6.10 Å². The molecule has 0 aliphatic carbocycles. The lowest BCUT2D eigenvalue weighted by Crippen LogP contribution is -2.50. The molecule has 3 fully saturated rings. The Morgan fingerprint density at radius 3 is 2.62 bits per heavy atom. The molecule has 1 spiro atoms. The van der Waals surface area contributed by atoms with Crippen LogP contribution in [0.4, 0.5) is 0 Å². The van der Waals surface area contributed by atoms with Crippen molar-refractivity contribution in [2.75, 3.05) is 6.61 Å². The van der Waals surface area contributed by atoms with E-state index >= 15 is 0 Å². The van der Waals surface area contributed by atoms with Crippen LogP contribution in [0.25, 0.3) is 0 Å². The van der Waals surface area contributed by atoms with Crippen molar-refractivity contribution in [1.82, 2.24) is 5.32 Å². The molecule has 3 rings (SSSR count). The zero-order valence-corrected chi connectivity index (χ0v) is 21.4. The van der Waals surface area contributed by atoms with Crippen LogP contribution in [0.5, 0.6) is 0 Å². The monoisotopic (exact) mass is 475 g/mol. The summed E-state index contributed by atoms with van der Waals surface area (Å²) in [7, 11) is 0. The second-order valence-electron chi connectivity index (χ2n) is 10.1. The number of amides is 1. The summed E-state index contributed by atoms with van der Waals surface area (Å²) in [4.78, 5) is 23.3. The molecule has 0 aromatic rings. The number of epoxide rings is 1.